The van der Waals surface area contributed by atoms with Gasteiger partial charge in [0.15, 0.2) is 0 Å². The summed E-state index contributed by atoms with van der Waals surface area (Å²) in [7, 11) is 0. The molecular weight excluding hydrogens is 430 g/mol. The van der Waals surface area contributed by atoms with Crippen LogP contribution in [0.25, 0.3) is 0 Å². The summed E-state index contributed by atoms with van der Waals surface area (Å²) in [4.78, 5) is 37.0. The Morgan fingerprint density at radius 2 is 1.94 bits per heavy atom. The Kier molecular flexibility index (Phi) is 5.96. The molecule has 178 valence electrons. The highest BCUT2D eigenvalue weighted by Gasteiger charge is 2.61. The first-order chi connectivity index (χ1) is 15.5. The van der Waals surface area contributed by atoms with Crippen molar-refractivity contribution in [2.75, 3.05) is 18.4 Å². The van der Waals surface area contributed by atoms with Gasteiger partial charge in [-0.25, -0.2) is 9.59 Å². The molecule has 0 radical (unpaired) electrons. The summed E-state index contributed by atoms with van der Waals surface area (Å²) in [6.45, 7) is 5.98. The van der Waals surface area contributed by atoms with E-state index in [4.69, 9.17) is 19.4 Å². The average Bonchev–Trinajstić information content (AvgIpc) is 3.14. The lowest BCUT2D eigenvalue weighted by Crippen LogP contribution is -2.57. The second-order valence-electron chi connectivity index (χ2n) is 9.73. The Bertz CT molecular complexity index is 987. The summed E-state index contributed by atoms with van der Waals surface area (Å²) in [5, 5.41) is 19.7. The second-order valence-corrected chi connectivity index (χ2v) is 9.73. The first-order valence-electron chi connectivity index (χ1n) is 11.0. The predicted molar refractivity (Wildman–Crippen MR) is 116 cm³/mol. The third-order valence-electron chi connectivity index (χ3n) is 7.56. The Morgan fingerprint density at radius 1 is 1.24 bits per heavy atom. The molecule has 2 aliphatic carbocycles. The van der Waals surface area contributed by atoms with E-state index in [9.17, 15) is 19.6 Å². The molecule has 9 heteroatoms. The molecule has 1 aromatic rings. The number of carbonyl (C=O) groups is 3. The molecule has 0 unspecified atom stereocenters. The van der Waals surface area contributed by atoms with Crippen molar-refractivity contribution in [2.24, 2.45) is 22.7 Å². The monoisotopic (exact) mass is 458 g/mol. The minimum absolute atomic E-state index is 0.0170. The summed E-state index contributed by atoms with van der Waals surface area (Å²) in [6.07, 6.45) is 3.46. The molecule has 1 N–H and O–H groups in total. The average molecular weight is 458 g/mol. The highest BCUT2D eigenvalue weighted by molar-refractivity contribution is 5.92. The summed E-state index contributed by atoms with van der Waals surface area (Å²) in [5.41, 5.74) is -0.147. The molecule has 9 nitrogen and oxygen atoms in total. The molecule has 0 amide bonds. The van der Waals surface area contributed by atoms with Gasteiger partial charge >= 0.3 is 17.9 Å². The van der Waals surface area contributed by atoms with E-state index in [1.54, 1.807) is 6.08 Å². The van der Waals surface area contributed by atoms with E-state index < -0.39 is 28.9 Å². The number of hydrogen-bond donors (Lipinski definition) is 1. The van der Waals surface area contributed by atoms with Crippen LogP contribution in [0.15, 0.2) is 35.9 Å². The maximum atomic E-state index is 13.0. The molecule has 2 fully saturated rings. The molecule has 1 aliphatic heterocycles. The van der Waals surface area contributed by atoms with Gasteiger partial charge in [-0.15, -0.1) is 0 Å². The molecule has 1 saturated carbocycles. The first-order valence-corrected chi connectivity index (χ1v) is 11.0. The van der Waals surface area contributed by atoms with Crippen LogP contribution in [0.3, 0.4) is 0 Å². The van der Waals surface area contributed by atoms with Crippen LogP contribution in [-0.4, -0.2) is 42.4 Å². The summed E-state index contributed by atoms with van der Waals surface area (Å²) < 4.78 is 16.7. The number of cyclic esters (lactones) is 1. The van der Waals surface area contributed by atoms with Crippen molar-refractivity contribution in [1.29, 1.82) is 0 Å². The lowest BCUT2D eigenvalue weighted by Gasteiger charge is -2.57. The van der Waals surface area contributed by atoms with Gasteiger partial charge < -0.3 is 24.6 Å². The number of anilines is 1. The highest BCUT2D eigenvalue weighted by Crippen LogP contribution is 2.61. The molecule has 3 aliphatic rings. The number of nitrogens with zero attached hydrogens (tertiary/aromatic N) is 1. The fourth-order valence-corrected chi connectivity index (χ4v) is 6.07. The van der Waals surface area contributed by atoms with Crippen molar-refractivity contribution in [3.63, 3.8) is 0 Å². The maximum absolute atomic E-state index is 13.0. The molecule has 5 atom stereocenters. The number of ether oxygens (including phenoxy) is 3. The zero-order chi connectivity index (χ0) is 24.0. The quantitative estimate of drug-likeness (QED) is 0.401. The van der Waals surface area contributed by atoms with Crippen molar-refractivity contribution in [3.05, 3.63) is 46.7 Å². The van der Waals surface area contributed by atoms with E-state index >= 15 is 0 Å². The first kappa shape index (κ1) is 23.3. The minimum Gasteiger partial charge on any atom is -0.733 e. The maximum Gasteiger partial charge on any atom is 0.338 e. The Morgan fingerprint density at radius 3 is 2.58 bits per heavy atom. The largest absolute Gasteiger partial charge is 0.733 e. The standard InChI is InChI=1S/C24H28NO8/c1-14(26)32-13-23(2)9-4-10-24(3)18-12-31-22(28)17(18)11-19(20(23)24)33-21(27)15-5-7-16(8-6-15)25(29)30/h5-8,11,18-20,29H,4,9-10,12-13H2,1-3H3/q-1/t18-,19+,20-,23+,24+/m0/s1. The molecule has 1 aromatic carbocycles. The third kappa shape index (κ3) is 4.11. The lowest BCUT2D eigenvalue weighted by atomic mass is 9.48. The second kappa shape index (κ2) is 8.46. The van der Waals surface area contributed by atoms with Crippen LogP contribution in [0.5, 0.6) is 0 Å². The molecule has 0 aromatic heterocycles. The number of hydrogen-bond acceptors (Lipinski definition) is 9. The minimum atomic E-state index is -0.728. The summed E-state index contributed by atoms with van der Waals surface area (Å²) in [6, 6.07) is 5.39. The van der Waals surface area contributed by atoms with Gasteiger partial charge in [0, 0.05) is 29.7 Å². The van der Waals surface area contributed by atoms with Gasteiger partial charge in [0.05, 0.1) is 24.5 Å². The smallest absolute Gasteiger partial charge is 0.338 e. The summed E-state index contributed by atoms with van der Waals surface area (Å²) in [5.74, 6) is -1.71. The van der Waals surface area contributed by atoms with Crippen molar-refractivity contribution in [3.8, 4) is 0 Å². The van der Waals surface area contributed by atoms with E-state index in [2.05, 4.69) is 6.92 Å². The van der Waals surface area contributed by atoms with Gasteiger partial charge in [-0.05, 0) is 48.6 Å². The van der Waals surface area contributed by atoms with Gasteiger partial charge in [-0.2, -0.15) is 0 Å². The zero-order valence-electron chi connectivity index (χ0n) is 18.9. The Balaban J connectivity index is 1.69. The molecule has 1 saturated heterocycles. The van der Waals surface area contributed by atoms with Gasteiger partial charge in [0.25, 0.3) is 0 Å². The number of carbonyl (C=O) groups excluding carboxylic acids is 3. The summed E-state index contributed by atoms with van der Waals surface area (Å²) >= 11 is 0. The number of esters is 3. The van der Waals surface area contributed by atoms with Gasteiger partial charge in [-0.1, -0.05) is 20.3 Å². The van der Waals surface area contributed by atoms with Crippen LogP contribution in [0.2, 0.25) is 0 Å². The zero-order valence-corrected chi connectivity index (χ0v) is 18.9. The van der Waals surface area contributed by atoms with E-state index in [0.717, 1.165) is 19.3 Å². The normalized spacial score (nSPS) is 32.7. The number of fused-ring (bicyclic) bond motifs is 3. The molecule has 4 rings (SSSR count). The van der Waals surface area contributed by atoms with Crippen LogP contribution in [0, 0.1) is 27.9 Å². The molecule has 0 bridgehead atoms. The lowest BCUT2D eigenvalue weighted by molar-refractivity contribution is -0.159. The van der Waals surface area contributed by atoms with Crippen molar-refractivity contribution in [1.82, 2.24) is 0 Å². The molecule has 33 heavy (non-hydrogen) atoms. The fourth-order valence-electron chi connectivity index (χ4n) is 6.07. The van der Waals surface area contributed by atoms with Crippen LogP contribution in [-0.2, 0) is 23.8 Å². The van der Waals surface area contributed by atoms with Gasteiger partial charge in [0.1, 0.15) is 6.10 Å². The van der Waals surface area contributed by atoms with Crippen LogP contribution < -0.4 is 5.23 Å². The van der Waals surface area contributed by atoms with E-state index in [-0.39, 0.29) is 47.5 Å². The number of rotatable bonds is 5. The van der Waals surface area contributed by atoms with E-state index in [1.165, 1.54) is 31.2 Å². The van der Waals surface area contributed by atoms with Crippen molar-refractivity contribution in [2.45, 2.75) is 46.1 Å². The van der Waals surface area contributed by atoms with Gasteiger partial charge in [-0.3, -0.25) is 10.0 Å². The van der Waals surface area contributed by atoms with E-state index in [1.807, 2.05) is 6.92 Å². The Labute approximate surface area is 191 Å². The SMILES string of the molecule is CC(=O)OC[C@@]1(C)CCC[C@]2(C)[C@H]3COC(=O)C3=C[C@@H](OC(=O)c3ccc(N([O-])O)cc3)[C@@H]12. The number of benzene rings is 1. The molecular formula is C24H28NO8-. The van der Waals surface area contributed by atoms with E-state index in [0.29, 0.717) is 5.57 Å². The van der Waals surface area contributed by atoms with Crippen LogP contribution in [0.4, 0.5) is 5.69 Å². The van der Waals surface area contributed by atoms with Gasteiger partial charge in [0.2, 0.25) is 0 Å². The topological polar surface area (TPSA) is 125 Å². The van der Waals surface area contributed by atoms with Crippen LogP contribution in [0.1, 0.15) is 50.4 Å². The third-order valence-corrected chi connectivity index (χ3v) is 7.56. The highest BCUT2D eigenvalue weighted by atomic mass is 16.8. The van der Waals surface area contributed by atoms with Crippen LogP contribution >= 0.6 is 0 Å². The molecule has 1 heterocycles. The molecule has 0 spiro atoms. The van der Waals surface area contributed by atoms with Crippen molar-refractivity contribution < 1.29 is 33.8 Å². The van der Waals surface area contributed by atoms with Crippen molar-refractivity contribution >= 4 is 23.6 Å². The predicted octanol–water partition coefficient (Wildman–Crippen LogP) is 3.39. The Hall–Kier alpha value is -2.91. The fraction of sp³-hybridized carbons (Fsp3) is 0.542.